The molecule has 6 N–H and O–H groups in total. The van der Waals surface area contributed by atoms with Crippen LogP contribution in [0.25, 0.3) is 0 Å². The minimum atomic E-state index is 0.328. The van der Waals surface area contributed by atoms with E-state index in [4.69, 9.17) is 0 Å². The third-order valence-electron chi connectivity index (χ3n) is 6.25. The first-order valence-electron chi connectivity index (χ1n) is 14.4. The Bertz CT molecular complexity index is 726. The molecule has 0 saturated heterocycles. The molecule has 8 heteroatoms. The molecule has 2 rings (SSSR count). The minimum absolute atomic E-state index is 0.328. The fraction of sp³-hybridized carbons (Fsp3) is 0.600. The highest BCUT2D eigenvalue weighted by atomic mass is 33.1. The fourth-order valence-electron chi connectivity index (χ4n) is 4.00. The van der Waals surface area contributed by atoms with Gasteiger partial charge in [-0.15, -0.1) is 0 Å². The number of unbranched alkanes of at least 4 members (excludes halogenated alkanes) is 6. The highest BCUT2D eigenvalue weighted by Crippen LogP contribution is 2.19. The molecule has 0 fully saturated rings. The molecule has 0 saturated carbocycles. The van der Waals surface area contributed by atoms with Gasteiger partial charge in [0.25, 0.3) is 0 Å². The van der Waals surface area contributed by atoms with Gasteiger partial charge in [0.1, 0.15) is 11.5 Å². The zero-order valence-electron chi connectivity index (χ0n) is 23.1. The summed E-state index contributed by atoms with van der Waals surface area (Å²) in [6.45, 7) is 8.31. The van der Waals surface area contributed by atoms with E-state index in [-0.39, 0.29) is 0 Å². The molecule has 214 valence electrons. The fourth-order valence-corrected chi connectivity index (χ4v) is 5.89. The van der Waals surface area contributed by atoms with Crippen molar-refractivity contribution in [3.05, 3.63) is 59.7 Å². The number of nitrogens with one attached hydrogen (secondary N) is 4. The Morgan fingerprint density at radius 1 is 0.421 bits per heavy atom. The molecule has 0 atom stereocenters. The van der Waals surface area contributed by atoms with Crippen LogP contribution in [-0.2, 0) is 13.1 Å². The van der Waals surface area contributed by atoms with Crippen molar-refractivity contribution in [2.45, 2.75) is 64.5 Å². The molecule has 2 aromatic carbocycles. The van der Waals surface area contributed by atoms with Crippen molar-refractivity contribution in [2.24, 2.45) is 0 Å². The maximum atomic E-state index is 9.30. The van der Waals surface area contributed by atoms with Gasteiger partial charge >= 0.3 is 0 Å². The zero-order valence-corrected chi connectivity index (χ0v) is 24.7. The van der Waals surface area contributed by atoms with E-state index in [1.807, 2.05) is 45.9 Å². The average Bonchev–Trinajstić information content (AvgIpc) is 2.93. The van der Waals surface area contributed by atoms with E-state index < -0.39 is 0 Å². The molecule has 0 amide bonds. The lowest BCUT2D eigenvalue weighted by Gasteiger charge is -2.07. The summed E-state index contributed by atoms with van der Waals surface area (Å²) in [5.74, 6) is 3.00. The lowest BCUT2D eigenvalue weighted by molar-refractivity contribution is 0.474. The smallest absolute Gasteiger partial charge is 0.115 e. The normalized spacial score (nSPS) is 11.3. The van der Waals surface area contributed by atoms with Crippen molar-refractivity contribution in [1.82, 2.24) is 21.3 Å². The van der Waals surface area contributed by atoms with Crippen molar-refractivity contribution in [2.75, 3.05) is 50.8 Å². The number of hydrogen-bond donors (Lipinski definition) is 6. The number of aromatic hydroxyl groups is 2. The highest BCUT2D eigenvalue weighted by molar-refractivity contribution is 8.76. The standard InChI is InChI=1S/C30H50N4O2S2/c35-29-13-9-27(10-14-29)25-33-19-7-3-1-5-17-31-21-23-37-38-24-22-32-18-6-2-4-8-20-34-26-28-11-15-30(36)16-12-28/h9-16,31-36H,1-8,17-26H2. The predicted octanol–water partition coefficient (Wildman–Crippen LogP) is 5.66. The van der Waals surface area contributed by atoms with Gasteiger partial charge < -0.3 is 31.5 Å². The lowest BCUT2D eigenvalue weighted by Crippen LogP contribution is -2.19. The lowest BCUT2D eigenvalue weighted by atomic mass is 10.2. The highest BCUT2D eigenvalue weighted by Gasteiger charge is 1.97. The molecule has 0 heterocycles. The van der Waals surface area contributed by atoms with Gasteiger partial charge in [0.2, 0.25) is 0 Å². The quantitative estimate of drug-likeness (QED) is 0.0683. The zero-order chi connectivity index (χ0) is 26.9. The number of phenolic OH excluding ortho intramolecular Hbond substituents is 2. The van der Waals surface area contributed by atoms with E-state index in [2.05, 4.69) is 21.3 Å². The van der Waals surface area contributed by atoms with Gasteiger partial charge in [-0.05, 0) is 87.3 Å². The van der Waals surface area contributed by atoms with Crippen LogP contribution in [0.1, 0.15) is 62.5 Å². The minimum Gasteiger partial charge on any atom is -0.508 e. The Balaban J connectivity index is 1.19. The Kier molecular flexibility index (Phi) is 20.2. The summed E-state index contributed by atoms with van der Waals surface area (Å²) in [5.41, 5.74) is 2.43. The first-order chi connectivity index (χ1) is 18.7. The Morgan fingerprint density at radius 3 is 1.13 bits per heavy atom. The summed E-state index contributed by atoms with van der Waals surface area (Å²) >= 11 is 0. The van der Waals surface area contributed by atoms with Crippen molar-refractivity contribution in [1.29, 1.82) is 0 Å². The van der Waals surface area contributed by atoms with E-state index in [1.165, 1.54) is 74.0 Å². The topological polar surface area (TPSA) is 88.6 Å². The molecule has 0 bridgehead atoms. The molecular formula is C30H50N4O2S2. The van der Waals surface area contributed by atoms with Crippen LogP contribution >= 0.6 is 21.6 Å². The summed E-state index contributed by atoms with van der Waals surface area (Å²) in [5, 5.41) is 32.7. The average molecular weight is 563 g/mol. The van der Waals surface area contributed by atoms with E-state index in [1.54, 1.807) is 24.3 Å². The van der Waals surface area contributed by atoms with Crippen LogP contribution in [0.3, 0.4) is 0 Å². The van der Waals surface area contributed by atoms with Crippen molar-refractivity contribution < 1.29 is 10.2 Å². The van der Waals surface area contributed by atoms with Gasteiger partial charge in [-0.3, -0.25) is 0 Å². The molecule has 38 heavy (non-hydrogen) atoms. The molecule has 0 spiro atoms. The van der Waals surface area contributed by atoms with Crippen molar-refractivity contribution >= 4 is 21.6 Å². The van der Waals surface area contributed by atoms with Crippen LogP contribution in [-0.4, -0.2) is 61.0 Å². The van der Waals surface area contributed by atoms with Gasteiger partial charge in [0.05, 0.1) is 0 Å². The summed E-state index contributed by atoms with van der Waals surface area (Å²) in [4.78, 5) is 0. The van der Waals surface area contributed by atoms with Gasteiger partial charge in [0, 0.05) is 37.7 Å². The van der Waals surface area contributed by atoms with Gasteiger partial charge in [-0.25, -0.2) is 0 Å². The van der Waals surface area contributed by atoms with E-state index in [9.17, 15) is 10.2 Å². The van der Waals surface area contributed by atoms with Crippen LogP contribution in [0.4, 0.5) is 0 Å². The Hall–Kier alpha value is -1.42. The molecule has 0 aliphatic carbocycles. The van der Waals surface area contributed by atoms with Gasteiger partial charge in [0.15, 0.2) is 0 Å². The predicted molar refractivity (Wildman–Crippen MR) is 167 cm³/mol. The van der Waals surface area contributed by atoms with Crippen molar-refractivity contribution in [3.8, 4) is 11.5 Å². The van der Waals surface area contributed by atoms with Gasteiger partial charge in [-0.1, -0.05) is 71.5 Å². The molecule has 0 aliphatic rings. The molecule has 2 aromatic rings. The summed E-state index contributed by atoms with van der Waals surface area (Å²) in [6.07, 6.45) is 10.1. The monoisotopic (exact) mass is 562 g/mol. The largest absolute Gasteiger partial charge is 0.508 e. The Morgan fingerprint density at radius 2 is 0.763 bits per heavy atom. The molecule has 0 unspecified atom stereocenters. The van der Waals surface area contributed by atoms with E-state index in [0.717, 1.165) is 52.4 Å². The maximum Gasteiger partial charge on any atom is 0.115 e. The first kappa shape index (κ1) is 32.8. The molecule has 6 nitrogen and oxygen atoms in total. The second-order valence-corrected chi connectivity index (χ2v) is 12.4. The Labute approximate surface area is 238 Å². The summed E-state index contributed by atoms with van der Waals surface area (Å²) in [6, 6.07) is 14.8. The number of phenols is 2. The number of rotatable bonds is 25. The number of hydrogen-bond acceptors (Lipinski definition) is 8. The summed E-state index contributed by atoms with van der Waals surface area (Å²) in [7, 11) is 3.96. The second kappa shape index (κ2) is 23.5. The third kappa shape index (κ3) is 18.8. The van der Waals surface area contributed by atoms with E-state index in [0.29, 0.717) is 11.5 Å². The van der Waals surface area contributed by atoms with E-state index >= 15 is 0 Å². The van der Waals surface area contributed by atoms with Crippen LogP contribution in [0.15, 0.2) is 48.5 Å². The first-order valence-corrected chi connectivity index (χ1v) is 16.9. The SMILES string of the molecule is Oc1ccc(CNCCCCCCNCCSSCCNCCCCCCNCc2ccc(O)cc2)cc1. The number of benzene rings is 2. The van der Waals surface area contributed by atoms with Crippen molar-refractivity contribution in [3.63, 3.8) is 0 Å². The third-order valence-corrected chi connectivity index (χ3v) is 8.66. The summed E-state index contributed by atoms with van der Waals surface area (Å²) < 4.78 is 0. The van der Waals surface area contributed by atoms with Crippen LogP contribution in [0.5, 0.6) is 11.5 Å². The molecular weight excluding hydrogens is 512 g/mol. The second-order valence-electron chi connectivity index (χ2n) is 9.66. The van der Waals surface area contributed by atoms with Crippen LogP contribution in [0.2, 0.25) is 0 Å². The molecule has 0 aromatic heterocycles. The van der Waals surface area contributed by atoms with Crippen LogP contribution in [0, 0.1) is 0 Å². The molecule has 0 aliphatic heterocycles. The molecule has 0 radical (unpaired) electrons. The van der Waals surface area contributed by atoms with Gasteiger partial charge in [-0.2, -0.15) is 0 Å². The van der Waals surface area contributed by atoms with Crippen LogP contribution < -0.4 is 21.3 Å². The maximum absolute atomic E-state index is 9.30.